The lowest BCUT2D eigenvalue weighted by Gasteiger charge is -2.07. The average Bonchev–Trinajstić information content (AvgIpc) is 2.29. The van der Waals surface area contributed by atoms with Crippen LogP contribution in [0.5, 0.6) is 0 Å². The molecule has 2 rings (SSSR count). The first-order valence-electron chi connectivity index (χ1n) is 4.67. The van der Waals surface area contributed by atoms with Gasteiger partial charge >= 0.3 is 0 Å². The number of fused-ring (bicyclic) bond motifs is 1. The van der Waals surface area contributed by atoms with E-state index in [1.54, 1.807) is 12.1 Å². The zero-order valence-electron chi connectivity index (χ0n) is 8.57. The molecular formula is C11H10INO2S. The fourth-order valence-electron chi connectivity index (χ4n) is 1.59. The van der Waals surface area contributed by atoms with Crippen LogP contribution in [-0.2, 0) is 10.0 Å². The van der Waals surface area contributed by atoms with E-state index in [9.17, 15) is 8.42 Å². The predicted molar refractivity (Wildman–Crippen MR) is 72.9 cm³/mol. The third kappa shape index (κ3) is 1.94. The van der Waals surface area contributed by atoms with Gasteiger partial charge in [0.15, 0.2) is 0 Å². The van der Waals surface area contributed by atoms with E-state index in [-0.39, 0.29) is 0 Å². The fraction of sp³-hybridized carbons (Fsp3) is 0.0909. The van der Waals surface area contributed by atoms with E-state index >= 15 is 0 Å². The smallest absolute Gasteiger partial charge is 0.214 e. The predicted octanol–water partition coefficient (Wildman–Crippen LogP) is 2.35. The largest absolute Gasteiger partial charge is 0.240 e. The topological polar surface area (TPSA) is 46.2 Å². The minimum atomic E-state index is -3.39. The van der Waals surface area contributed by atoms with Crippen molar-refractivity contribution in [2.75, 3.05) is 7.05 Å². The minimum Gasteiger partial charge on any atom is -0.214 e. The number of halogens is 1. The molecule has 84 valence electrons. The second-order valence-electron chi connectivity index (χ2n) is 3.30. The molecule has 2 aromatic rings. The van der Waals surface area contributed by atoms with E-state index in [1.165, 1.54) is 7.05 Å². The first-order valence-corrected chi connectivity index (χ1v) is 7.23. The summed E-state index contributed by atoms with van der Waals surface area (Å²) in [7, 11) is -1.98. The lowest BCUT2D eigenvalue weighted by atomic mass is 10.1. The maximum absolute atomic E-state index is 11.8. The molecule has 0 atom stereocenters. The molecule has 5 heteroatoms. The van der Waals surface area contributed by atoms with Crippen molar-refractivity contribution in [2.24, 2.45) is 0 Å². The van der Waals surface area contributed by atoms with Crippen molar-refractivity contribution in [2.45, 2.75) is 4.90 Å². The van der Waals surface area contributed by atoms with Crippen molar-refractivity contribution < 1.29 is 8.42 Å². The fourth-order valence-corrected chi connectivity index (χ4v) is 3.21. The molecule has 0 bridgehead atoms. The van der Waals surface area contributed by atoms with Crippen LogP contribution in [0.2, 0.25) is 0 Å². The Balaban J connectivity index is 2.88. The second kappa shape index (κ2) is 4.31. The van der Waals surface area contributed by atoms with Gasteiger partial charge in [-0.25, -0.2) is 13.1 Å². The first kappa shape index (κ1) is 11.8. The van der Waals surface area contributed by atoms with Crippen LogP contribution in [0.15, 0.2) is 41.3 Å². The summed E-state index contributed by atoms with van der Waals surface area (Å²) in [5.74, 6) is 0. The summed E-state index contributed by atoms with van der Waals surface area (Å²) in [5, 5.41) is 1.71. The van der Waals surface area contributed by atoms with Crippen LogP contribution >= 0.6 is 22.6 Å². The van der Waals surface area contributed by atoms with Crippen molar-refractivity contribution in [3.8, 4) is 0 Å². The van der Waals surface area contributed by atoms with Crippen LogP contribution in [0.25, 0.3) is 10.8 Å². The number of benzene rings is 2. The Morgan fingerprint density at radius 2 is 1.69 bits per heavy atom. The summed E-state index contributed by atoms with van der Waals surface area (Å²) in [4.78, 5) is 0.325. The number of hydrogen-bond acceptors (Lipinski definition) is 2. The van der Waals surface area contributed by atoms with Crippen molar-refractivity contribution in [3.63, 3.8) is 0 Å². The number of sulfonamides is 1. The van der Waals surface area contributed by atoms with Crippen LogP contribution < -0.4 is 4.72 Å². The lowest BCUT2D eigenvalue weighted by molar-refractivity contribution is 0.589. The van der Waals surface area contributed by atoms with E-state index in [2.05, 4.69) is 27.3 Å². The zero-order chi connectivity index (χ0) is 11.8. The van der Waals surface area contributed by atoms with Crippen LogP contribution in [0, 0.1) is 3.57 Å². The van der Waals surface area contributed by atoms with Crippen LogP contribution in [-0.4, -0.2) is 15.5 Å². The van der Waals surface area contributed by atoms with Gasteiger partial charge in [0, 0.05) is 8.96 Å². The molecule has 3 nitrogen and oxygen atoms in total. The highest BCUT2D eigenvalue weighted by Gasteiger charge is 2.15. The van der Waals surface area contributed by atoms with Crippen molar-refractivity contribution in [1.82, 2.24) is 4.72 Å². The number of hydrogen-bond donors (Lipinski definition) is 1. The van der Waals surface area contributed by atoms with Crippen molar-refractivity contribution in [1.29, 1.82) is 0 Å². The SMILES string of the molecule is CNS(=O)(=O)c1cccc2c(I)cccc12. The van der Waals surface area contributed by atoms with Gasteiger partial charge in [-0.05, 0) is 47.2 Å². The molecule has 0 fully saturated rings. The quantitative estimate of drug-likeness (QED) is 0.848. The van der Waals surface area contributed by atoms with Crippen molar-refractivity contribution in [3.05, 3.63) is 40.0 Å². The molecule has 0 aliphatic rings. The Labute approximate surface area is 108 Å². The normalized spacial score (nSPS) is 11.9. The molecule has 0 aliphatic heterocycles. The van der Waals surface area contributed by atoms with Gasteiger partial charge < -0.3 is 0 Å². The molecule has 0 aromatic heterocycles. The second-order valence-corrected chi connectivity index (χ2v) is 6.32. The summed E-state index contributed by atoms with van der Waals surface area (Å²) in [6, 6.07) is 10.9. The van der Waals surface area contributed by atoms with Gasteiger partial charge in [0.1, 0.15) is 0 Å². The molecule has 2 aromatic carbocycles. The highest BCUT2D eigenvalue weighted by atomic mass is 127. The molecule has 0 unspecified atom stereocenters. The number of nitrogens with one attached hydrogen (secondary N) is 1. The third-order valence-electron chi connectivity index (χ3n) is 2.39. The summed E-state index contributed by atoms with van der Waals surface area (Å²) in [5.41, 5.74) is 0. The molecule has 0 spiro atoms. The van der Waals surface area contributed by atoms with Crippen molar-refractivity contribution >= 4 is 43.4 Å². The number of rotatable bonds is 2. The summed E-state index contributed by atoms with van der Waals surface area (Å²) < 4.78 is 27.0. The molecule has 0 heterocycles. The van der Waals surface area contributed by atoms with E-state index < -0.39 is 10.0 Å². The third-order valence-corrected chi connectivity index (χ3v) is 4.80. The van der Waals surface area contributed by atoms with E-state index in [0.29, 0.717) is 4.90 Å². The van der Waals surface area contributed by atoms with Gasteiger partial charge in [0.25, 0.3) is 0 Å². The highest BCUT2D eigenvalue weighted by molar-refractivity contribution is 14.1. The summed E-state index contributed by atoms with van der Waals surface area (Å²) in [6.07, 6.45) is 0. The van der Waals surface area contributed by atoms with Gasteiger partial charge in [-0.15, -0.1) is 0 Å². The van der Waals surface area contributed by atoms with Gasteiger partial charge in [0.05, 0.1) is 4.90 Å². The molecule has 0 amide bonds. The molecule has 0 saturated heterocycles. The maximum atomic E-state index is 11.8. The first-order chi connectivity index (χ1) is 7.56. The molecule has 1 N–H and O–H groups in total. The molecule has 0 aliphatic carbocycles. The Hall–Kier alpha value is -0.660. The average molecular weight is 347 g/mol. The van der Waals surface area contributed by atoms with E-state index in [4.69, 9.17) is 0 Å². The van der Waals surface area contributed by atoms with E-state index in [1.807, 2.05) is 24.3 Å². The highest BCUT2D eigenvalue weighted by Crippen LogP contribution is 2.26. The zero-order valence-corrected chi connectivity index (χ0v) is 11.5. The lowest BCUT2D eigenvalue weighted by Crippen LogP contribution is -2.18. The van der Waals surface area contributed by atoms with Gasteiger partial charge in [-0.3, -0.25) is 0 Å². The minimum absolute atomic E-state index is 0.325. The maximum Gasteiger partial charge on any atom is 0.240 e. The monoisotopic (exact) mass is 347 g/mol. The van der Waals surface area contributed by atoms with Gasteiger partial charge in [-0.2, -0.15) is 0 Å². The molecule has 0 radical (unpaired) electrons. The van der Waals surface area contributed by atoms with Gasteiger partial charge in [-0.1, -0.05) is 24.3 Å². The van der Waals surface area contributed by atoms with Crippen LogP contribution in [0.1, 0.15) is 0 Å². The Morgan fingerprint density at radius 1 is 1.06 bits per heavy atom. The Bertz CT molecular complexity index is 637. The van der Waals surface area contributed by atoms with Crippen LogP contribution in [0.3, 0.4) is 0 Å². The summed E-state index contributed by atoms with van der Waals surface area (Å²) >= 11 is 2.20. The molecular weight excluding hydrogens is 337 g/mol. The standard InChI is InChI=1S/C11H10INO2S/c1-13-16(14,15)11-7-3-4-8-9(11)5-2-6-10(8)12/h2-7,13H,1H3. The van der Waals surface area contributed by atoms with Crippen LogP contribution in [0.4, 0.5) is 0 Å². The Kier molecular flexibility index (Phi) is 3.18. The summed E-state index contributed by atoms with van der Waals surface area (Å²) in [6.45, 7) is 0. The molecule has 16 heavy (non-hydrogen) atoms. The Morgan fingerprint density at radius 3 is 2.38 bits per heavy atom. The van der Waals surface area contributed by atoms with E-state index in [0.717, 1.165) is 14.3 Å². The van der Waals surface area contributed by atoms with Gasteiger partial charge in [0.2, 0.25) is 10.0 Å². The molecule has 0 saturated carbocycles.